The van der Waals surface area contributed by atoms with Crippen LogP contribution in [0, 0.1) is 113 Å². The Balaban J connectivity index is 0.000000164. The van der Waals surface area contributed by atoms with Gasteiger partial charge in [-0.25, -0.2) is 0 Å². The van der Waals surface area contributed by atoms with Crippen LogP contribution in [0.1, 0.15) is 212 Å². The van der Waals surface area contributed by atoms with Gasteiger partial charge in [0.25, 0.3) is 0 Å². The molecular formula is C60H96O5. The highest BCUT2D eigenvalue weighted by Gasteiger charge is 2.73. The molecule has 10 aliphatic rings. The largest absolute Gasteiger partial charge is 0.481 e. The number of aliphatic carboxylic acids is 1. The Morgan fingerprint density at radius 1 is 0.554 bits per heavy atom. The number of hydrogen-bond acceptors (Lipinski definition) is 4. The van der Waals surface area contributed by atoms with Crippen molar-refractivity contribution >= 4 is 11.8 Å². The third-order valence-corrected chi connectivity index (χ3v) is 26.8. The highest BCUT2D eigenvalue weighted by Crippen LogP contribution is 2.79. The number of aliphatic hydroxyl groups is 2. The normalized spacial score (nSPS) is 54.6. The summed E-state index contributed by atoms with van der Waals surface area (Å²) in [5.41, 5.74) is 3.63. The number of aliphatic hydroxyl groups excluding tert-OH is 2. The van der Waals surface area contributed by atoms with E-state index in [0.717, 1.165) is 69.6 Å². The van der Waals surface area contributed by atoms with E-state index in [0.29, 0.717) is 70.1 Å². The summed E-state index contributed by atoms with van der Waals surface area (Å²) >= 11 is 0. The molecule has 10 aliphatic carbocycles. The predicted octanol–water partition coefficient (Wildman–Crippen LogP) is 14.3. The molecule has 0 bridgehead atoms. The van der Waals surface area contributed by atoms with Gasteiger partial charge in [0.05, 0.1) is 11.5 Å². The fraction of sp³-hybridized carbons (Fsp3) is 0.900. The number of rotatable bonds is 4. The first kappa shape index (κ1) is 48.6. The minimum Gasteiger partial charge on any atom is -0.481 e. The van der Waals surface area contributed by atoms with Crippen molar-refractivity contribution in [2.75, 3.05) is 6.61 Å². The number of carboxylic acid groups (broad SMARTS) is 1. The first-order chi connectivity index (χ1) is 30.1. The van der Waals surface area contributed by atoms with E-state index < -0.39 is 11.4 Å². The third-order valence-electron chi connectivity index (χ3n) is 26.8. The van der Waals surface area contributed by atoms with Crippen LogP contribution in [0.5, 0.6) is 0 Å². The summed E-state index contributed by atoms with van der Waals surface area (Å²) in [7, 11) is 0. The Labute approximate surface area is 397 Å². The van der Waals surface area contributed by atoms with Crippen molar-refractivity contribution in [3.63, 3.8) is 0 Å². The van der Waals surface area contributed by atoms with Crippen LogP contribution in [-0.2, 0) is 9.59 Å². The Hall–Kier alpha value is -1.46. The molecule has 0 aromatic rings. The smallest absolute Gasteiger partial charge is 0.309 e. The Bertz CT molecular complexity index is 1960. The first-order valence-electron chi connectivity index (χ1n) is 27.5. The van der Waals surface area contributed by atoms with Crippen LogP contribution in [0.4, 0.5) is 0 Å². The number of carboxylic acids is 1. The number of allylic oxidation sites excluding steroid dienone is 2. The average molecular weight is 897 g/mol. The molecule has 0 spiro atoms. The highest BCUT2D eigenvalue weighted by molar-refractivity contribution is 5.85. The van der Waals surface area contributed by atoms with Crippen LogP contribution in [0.25, 0.3) is 0 Å². The van der Waals surface area contributed by atoms with Crippen molar-refractivity contribution in [2.24, 2.45) is 113 Å². The fourth-order valence-electron chi connectivity index (χ4n) is 22.9. The van der Waals surface area contributed by atoms with Crippen molar-refractivity contribution in [1.29, 1.82) is 0 Å². The zero-order chi connectivity index (χ0) is 47.5. The maximum Gasteiger partial charge on any atom is 0.309 e. The van der Waals surface area contributed by atoms with E-state index in [-0.39, 0.29) is 44.5 Å². The predicted molar refractivity (Wildman–Crippen MR) is 264 cm³/mol. The van der Waals surface area contributed by atoms with E-state index in [9.17, 15) is 24.9 Å². The quantitative estimate of drug-likeness (QED) is 0.244. The molecule has 10 fully saturated rings. The molecule has 10 saturated carbocycles. The van der Waals surface area contributed by atoms with Crippen LogP contribution in [0.2, 0.25) is 0 Å². The molecule has 366 valence electrons. The number of hydrogen-bond donors (Lipinski definition) is 3. The van der Waals surface area contributed by atoms with Gasteiger partial charge in [-0.3, -0.25) is 9.59 Å². The second kappa shape index (κ2) is 15.3. The molecule has 0 aromatic carbocycles. The third kappa shape index (κ3) is 6.12. The topological polar surface area (TPSA) is 94.8 Å². The zero-order valence-corrected chi connectivity index (χ0v) is 43.8. The summed E-state index contributed by atoms with van der Waals surface area (Å²) in [4.78, 5) is 25.7. The van der Waals surface area contributed by atoms with Gasteiger partial charge in [0, 0.05) is 18.4 Å². The highest BCUT2D eigenvalue weighted by atomic mass is 16.4. The molecule has 0 aliphatic heterocycles. The molecule has 0 heterocycles. The maximum absolute atomic E-state index is 12.9. The van der Waals surface area contributed by atoms with E-state index in [1.165, 1.54) is 81.8 Å². The monoisotopic (exact) mass is 897 g/mol. The lowest BCUT2D eigenvalue weighted by Gasteiger charge is -2.73. The van der Waals surface area contributed by atoms with Gasteiger partial charge in [-0.15, -0.1) is 0 Å². The number of Topliss-reactive ketones (excluding diaryl/α,β-unsaturated/α-hetero) is 1. The zero-order valence-electron chi connectivity index (χ0n) is 43.8. The second-order valence-electron chi connectivity index (χ2n) is 28.9. The van der Waals surface area contributed by atoms with Gasteiger partial charge in [-0.1, -0.05) is 93.5 Å². The van der Waals surface area contributed by atoms with E-state index in [1.54, 1.807) is 0 Å². The molecule has 0 aromatic heterocycles. The summed E-state index contributed by atoms with van der Waals surface area (Å²) in [5.74, 6) is 5.39. The van der Waals surface area contributed by atoms with E-state index in [2.05, 4.69) is 96.2 Å². The van der Waals surface area contributed by atoms with E-state index in [1.807, 2.05) is 0 Å². The summed E-state index contributed by atoms with van der Waals surface area (Å²) in [6.45, 7) is 38.3. The lowest BCUT2D eigenvalue weighted by atomic mass is 9.32. The lowest BCUT2D eigenvalue weighted by molar-refractivity contribution is -0.249. The van der Waals surface area contributed by atoms with Crippen molar-refractivity contribution in [2.45, 2.75) is 218 Å². The summed E-state index contributed by atoms with van der Waals surface area (Å²) in [5, 5.41) is 32.0. The first-order valence-corrected chi connectivity index (χ1v) is 27.5. The van der Waals surface area contributed by atoms with Crippen LogP contribution >= 0.6 is 0 Å². The van der Waals surface area contributed by atoms with Gasteiger partial charge in [0.1, 0.15) is 5.78 Å². The van der Waals surface area contributed by atoms with Crippen molar-refractivity contribution in [3.8, 4) is 0 Å². The van der Waals surface area contributed by atoms with Crippen LogP contribution < -0.4 is 0 Å². The summed E-state index contributed by atoms with van der Waals surface area (Å²) in [6, 6.07) is 0. The van der Waals surface area contributed by atoms with Gasteiger partial charge >= 0.3 is 5.97 Å². The Morgan fingerprint density at radius 3 is 1.62 bits per heavy atom. The Kier molecular flexibility index (Phi) is 11.4. The van der Waals surface area contributed by atoms with E-state index >= 15 is 0 Å². The molecule has 10 rings (SSSR count). The van der Waals surface area contributed by atoms with Crippen molar-refractivity contribution < 1.29 is 24.9 Å². The molecule has 4 unspecified atom stereocenters. The average Bonchev–Trinajstić information content (AvgIpc) is 3.83. The van der Waals surface area contributed by atoms with Gasteiger partial charge < -0.3 is 15.3 Å². The number of carbonyl (C=O) groups is 2. The molecule has 5 heteroatoms. The van der Waals surface area contributed by atoms with E-state index in [4.69, 9.17) is 0 Å². The second-order valence-corrected chi connectivity index (χ2v) is 28.9. The molecule has 3 N–H and O–H groups in total. The summed E-state index contributed by atoms with van der Waals surface area (Å²) in [6.07, 6.45) is 22.4. The molecular weight excluding hydrogens is 801 g/mol. The van der Waals surface area contributed by atoms with Gasteiger partial charge in [-0.05, 0) is 238 Å². The van der Waals surface area contributed by atoms with Crippen molar-refractivity contribution in [1.82, 2.24) is 0 Å². The van der Waals surface area contributed by atoms with Gasteiger partial charge in [0.15, 0.2) is 0 Å². The lowest BCUT2D eigenvalue weighted by Crippen LogP contribution is -2.66. The minimum absolute atomic E-state index is 0.0290. The molecule has 0 amide bonds. The van der Waals surface area contributed by atoms with Crippen LogP contribution in [0.15, 0.2) is 24.3 Å². The van der Waals surface area contributed by atoms with Gasteiger partial charge in [-0.2, -0.15) is 0 Å². The molecule has 5 nitrogen and oxygen atoms in total. The molecule has 0 radical (unpaired) electrons. The standard InChI is InChI=1S/C30H46O3.C30H50O2/c1-18(2)19-10-15-30(25(32)33)17-16-28(6)20(24(19)30)8-9-22-27(5)13-12-23(31)26(3,4)21(27)11-14-29(22,28)7;1-19(2)20-10-15-30(18-31)17-16-28(6)21(25(20)30)8-9-23-27(5)13-12-24(32)26(3,4)22(27)11-14-29(23,28)7/h19-22,24H,1,8-17H2,2-7H3,(H,32,33);20-25,31-32H,1,8-18H2,2-7H3/t19-,20+,21?,22+,24?,27-,28+,29+,30-;20-,21+,22?,23+,24-,25?,27-,28+,29+,30+/m00/s1. The van der Waals surface area contributed by atoms with Crippen molar-refractivity contribution in [3.05, 3.63) is 24.3 Å². The number of carbonyl (C=O) groups excluding carboxylic acids is 1. The summed E-state index contributed by atoms with van der Waals surface area (Å²) < 4.78 is 0. The van der Waals surface area contributed by atoms with Crippen LogP contribution in [0.3, 0.4) is 0 Å². The van der Waals surface area contributed by atoms with Gasteiger partial charge in [0.2, 0.25) is 0 Å². The minimum atomic E-state index is -0.547. The molecule has 65 heavy (non-hydrogen) atoms. The molecule has 19 atom stereocenters. The maximum atomic E-state index is 12.9. The molecule has 0 saturated heterocycles. The Morgan fingerprint density at radius 2 is 1.06 bits per heavy atom. The van der Waals surface area contributed by atoms with Crippen LogP contribution in [-0.4, -0.2) is 39.8 Å². The number of ketones is 1. The SMILES string of the molecule is C=C(C)[C@@H]1CC[C@]2(C(=O)O)CC[C@]3(C)[C@H](CC[C@@H]4[C@@]5(C)CCC(=O)C(C)(C)C5CC[C@]43C)C12.C=C(C)[C@@H]1CC[C@]2(CO)CC[C@]3(C)[C@H](CC[C@@H]4[C@@]5(C)CC[C@H](O)C(C)(C)C5CC[C@]43C)C12. The number of fused-ring (bicyclic) bond motifs is 14. The fourth-order valence-corrected chi connectivity index (χ4v) is 22.9.